The van der Waals surface area contributed by atoms with Gasteiger partial charge in [0.2, 0.25) is 0 Å². The molecule has 0 fully saturated rings. The van der Waals surface area contributed by atoms with Gasteiger partial charge >= 0.3 is 0 Å². The highest BCUT2D eigenvalue weighted by molar-refractivity contribution is 7.80. The number of carbonyl (C=O) groups excluding carboxylic acids is 2. The number of halogens is 1. The van der Waals surface area contributed by atoms with Gasteiger partial charge in [0.15, 0.2) is 5.11 Å². The molecule has 176 valence electrons. The first-order valence-electron chi connectivity index (χ1n) is 11.1. The van der Waals surface area contributed by atoms with Crippen molar-refractivity contribution in [2.75, 3.05) is 5.32 Å². The third kappa shape index (κ3) is 3.55. The van der Waals surface area contributed by atoms with E-state index in [-0.39, 0.29) is 16.3 Å². The van der Waals surface area contributed by atoms with Gasteiger partial charge < -0.3 is 15.3 Å². The molecule has 5 aromatic rings. The monoisotopic (exact) mass is 511 g/mol. The molecular formula is C27H18ClN5O2S. The number of imide groups is 1. The van der Waals surface area contributed by atoms with E-state index in [0.29, 0.717) is 21.8 Å². The number of carbonyl (C=O) groups is 2. The van der Waals surface area contributed by atoms with Crippen LogP contribution in [0.3, 0.4) is 0 Å². The summed E-state index contributed by atoms with van der Waals surface area (Å²) < 4.78 is 0. The molecule has 6 rings (SSSR count). The van der Waals surface area contributed by atoms with Crippen molar-refractivity contribution in [2.45, 2.75) is 0 Å². The predicted molar refractivity (Wildman–Crippen MR) is 146 cm³/mol. The minimum absolute atomic E-state index is 0.0586. The molecule has 0 saturated carbocycles. The van der Waals surface area contributed by atoms with Gasteiger partial charge in [0.25, 0.3) is 11.8 Å². The predicted octanol–water partition coefficient (Wildman–Crippen LogP) is 5.48. The van der Waals surface area contributed by atoms with Crippen molar-refractivity contribution in [1.82, 2.24) is 20.4 Å². The van der Waals surface area contributed by atoms with Crippen molar-refractivity contribution < 1.29 is 9.59 Å². The molecular weight excluding hydrogens is 494 g/mol. The summed E-state index contributed by atoms with van der Waals surface area (Å²) in [4.78, 5) is 34.0. The number of hydrogen-bond acceptors (Lipinski definition) is 3. The fourth-order valence-electron chi connectivity index (χ4n) is 4.50. The number of thiocarbonyl (C=S) groups is 1. The lowest BCUT2D eigenvalue weighted by molar-refractivity contribution is -0.138. The van der Waals surface area contributed by atoms with E-state index in [2.05, 4.69) is 20.7 Å². The second-order valence-corrected chi connectivity index (χ2v) is 9.05. The number of nitrogens with zero attached hydrogens (tertiary/aromatic N) is 1. The molecule has 0 aliphatic carbocycles. The Balaban J connectivity index is 1.45. The maximum absolute atomic E-state index is 13.8. The Morgan fingerprint density at radius 1 is 0.750 bits per heavy atom. The van der Waals surface area contributed by atoms with Crippen molar-refractivity contribution in [3.63, 3.8) is 0 Å². The van der Waals surface area contributed by atoms with Crippen molar-refractivity contribution >= 4 is 79.4 Å². The highest BCUT2D eigenvalue weighted by atomic mass is 35.5. The number of hydrazine groups is 1. The number of rotatable bonds is 4. The second kappa shape index (κ2) is 8.67. The first-order chi connectivity index (χ1) is 17.5. The van der Waals surface area contributed by atoms with Crippen LogP contribution in [0.1, 0.15) is 11.1 Å². The zero-order valence-corrected chi connectivity index (χ0v) is 20.2. The molecule has 1 aliphatic rings. The molecule has 7 nitrogen and oxygen atoms in total. The van der Waals surface area contributed by atoms with Gasteiger partial charge in [-0.05, 0) is 36.5 Å². The van der Waals surface area contributed by atoms with Gasteiger partial charge in [-0.25, -0.2) is 0 Å². The average Bonchev–Trinajstić information content (AvgIpc) is 3.56. The summed E-state index contributed by atoms with van der Waals surface area (Å²) in [7, 11) is 0. The van der Waals surface area contributed by atoms with Gasteiger partial charge in [0, 0.05) is 45.3 Å². The Morgan fingerprint density at radius 3 is 1.81 bits per heavy atom. The molecule has 2 aromatic heterocycles. The Kier molecular flexibility index (Phi) is 5.32. The molecule has 0 spiro atoms. The van der Waals surface area contributed by atoms with Gasteiger partial charge in [-0.3, -0.25) is 15.0 Å². The van der Waals surface area contributed by atoms with Gasteiger partial charge in [0.05, 0.1) is 21.9 Å². The van der Waals surface area contributed by atoms with Crippen molar-refractivity contribution in [3.05, 3.63) is 101 Å². The Labute approximate surface area is 215 Å². The lowest BCUT2D eigenvalue weighted by atomic mass is 9.95. The molecule has 4 N–H and O–H groups in total. The summed E-state index contributed by atoms with van der Waals surface area (Å²) in [5.41, 5.74) is 6.89. The molecule has 2 amide bonds. The number of H-pyrrole nitrogens is 2. The number of aromatic amines is 2. The van der Waals surface area contributed by atoms with E-state index in [1.54, 1.807) is 36.7 Å². The van der Waals surface area contributed by atoms with E-state index in [9.17, 15) is 9.59 Å². The minimum atomic E-state index is -0.506. The Bertz CT molecular complexity index is 1640. The summed E-state index contributed by atoms with van der Waals surface area (Å²) in [6, 6.07) is 22.3. The van der Waals surface area contributed by atoms with E-state index < -0.39 is 11.8 Å². The topological polar surface area (TPSA) is 93.0 Å². The van der Waals surface area contributed by atoms with Crippen LogP contribution in [-0.2, 0) is 9.59 Å². The zero-order valence-electron chi connectivity index (χ0n) is 18.6. The maximum Gasteiger partial charge on any atom is 0.281 e. The van der Waals surface area contributed by atoms with Crippen LogP contribution >= 0.6 is 23.8 Å². The summed E-state index contributed by atoms with van der Waals surface area (Å²) in [6.07, 6.45) is 3.51. The quantitative estimate of drug-likeness (QED) is 0.189. The van der Waals surface area contributed by atoms with Gasteiger partial charge in [0.1, 0.15) is 0 Å². The first-order valence-corrected chi connectivity index (χ1v) is 11.9. The van der Waals surface area contributed by atoms with Crippen LogP contribution in [0.2, 0.25) is 5.02 Å². The fraction of sp³-hybridized carbons (Fsp3) is 0. The van der Waals surface area contributed by atoms with E-state index in [1.165, 1.54) is 0 Å². The molecule has 36 heavy (non-hydrogen) atoms. The summed E-state index contributed by atoms with van der Waals surface area (Å²) >= 11 is 11.6. The lowest BCUT2D eigenvalue weighted by Crippen LogP contribution is -2.48. The van der Waals surface area contributed by atoms with Gasteiger partial charge in [-0.2, -0.15) is 5.01 Å². The molecule has 0 bridgehead atoms. The van der Waals surface area contributed by atoms with E-state index in [1.807, 2.05) is 48.5 Å². The SMILES string of the molecule is O=C1C(c2c[nH]c3ccccc23)=C(c2c[nH]c3ccccc23)C(=O)N1NC(=S)Nc1ccccc1Cl. The number of nitrogens with one attached hydrogen (secondary N) is 4. The number of amides is 2. The second-order valence-electron chi connectivity index (χ2n) is 8.24. The van der Waals surface area contributed by atoms with E-state index in [4.69, 9.17) is 23.8 Å². The van der Waals surface area contributed by atoms with Gasteiger partial charge in [-0.15, -0.1) is 0 Å². The summed E-state index contributed by atoms with van der Waals surface area (Å²) in [5.74, 6) is -1.01. The van der Waals surface area contributed by atoms with E-state index >= 15 is 0 Å². The van der Waals surface area contributed by atoms with Crippen molar-refractivity contribution in [1.29, 1.82) is 0 Å². The molecule has 0 saturated heterocycles. The number of benzene rings is 3. The molecule has 3 aromatic carbocycles. The van der Waals surface area contributed by atoms with Crippen LogP contribution in [-0.4, -0.2) is 31.9 Å². The molecule has 3 heterocycles. The standard InChI is InChI=1S/C27H18ClN5O2S/c28-19-9-3-6-12-22(19)31-27(36)32-33-25(34)23(17-13-29-20-10-4-1-7-15(17)20)24(26(33)35)18-14-30-21-11-5-2-8-16(18)21/h1-14,29-30H,(H2,31,32,36). The third-order valence-electron chi connectivity index (χ3n) is 6.14. The lowest BCUT2D eigenvalue weighted by Gasteiger charge is -2.19. The normalized spacial score (nSPS) is 13.8. The minimum Gasteiger partial charge on any atom is -0.361 e. The smallest absolute Gasteiger partial charge is 0.281 e. The Morgan fingerprint density at radius 2 is 1.25 bits per heavy atom. The largest absolute Gasteiger partial charge is 0.361 e. The number of anilines is 1. The van der Waals surface area contributed by atoms with Crippen LogP contribution in [0.25, 0.3) is 33.0 Å². The molecule has 0 unspecified atom stereocenters. The summed E-state index contributed by atoms with van der Waals surface area (Å²) in [5, 5.41) is 6.08. The third-order valence-corrected chi connectivity index (χ3v) is 6.66. The maximum atomic E-state index is 13.8. The average molecular weight is 512 g/mol. The van der Waals surface area contributed by atoms with Crippen LogP contribution in [0.15, 0.2) is 85.2 Å². The van der Waals surface area contributed by atoms with Crippen LogP contribution in [0.5, 0.6) is 0 Å². The summed E-state index contributed by atoms with van der Waals surface area (Å²) in [6.45, 7) is 0. The van der Waals surface area contributed by atoms with Crippen LogP contribution in [0, 0.1) is 0 Å². The first kappa shape index (κ1) is 22.1. The molecule has 9 heteroatoms. The van der Waals surface area contributed by atoms with Crippen molar-refractivity contribution in [2.24, 2.45) is 0 Å². The van der Waals surface area contributed by atoms with Crippen LogP contribution < -0.4 is 10.7 Å². The fourth-order valence-corrected chi connectivity index (χ4v) is 4.89. The van der Waals surface area contributed by atoms with Crippen LogP contribution in [0.4, 0.5) is 5.69 Å². The highest BCUT2D eigenvalue weighted by Gasteiger charge is 2.42. The number of aromatic nitrogens is 2. The number of hydrogen-bond donors (Lipinski definition) is 4. The Hall–Kier alpha value is -4.40. The molecule has 1 aliphatic heterocycles. The highest BCUT2D eigenvalue weighted by Crippen LogP contribution is 2.40. The van der Waals surface area contributed by atoms with E-state index in [0.717, 1.165) is 26.8 Å². The van der Waals surface area contributed by atoms with Crippen molar-refractivity contribution in [3.8, 4) is 0 Å². The number of para-hydroxylation sites is 3. The molecule has 0 radical (unpaired) electrons. The zero-order chi connectivity index (χ0) is 24.8. The van der Waals surface area contributed by atoms with Gasteiger partial charge in [-0.1, -0.05) is 60.1 Å². The number of fused-ring (bicyclic) bond motifs is 2. The molecule has 0 atom stereocenters.